The van der Waals surface area contributed by atoms with Crippen LogP contribution in [0.15, 0.2) is 0 Å². The van der Waals surface area contributed by atoms with Gasteiger partial charge in [0.1, 0.15) is 0 Å². The van der Waals surface area contributed by atoms with Crippen LogP contribution in [0.5, 0.6) is 0 Å². The Morgan fingerprint density at radius 3 is 2.29 bits per heavy atom. The first-order valence-corrected chi connectivity index (χ1v) is 2.12. The highest BCUT2D eigenvalue weighted by Gasteiger charge is 2.02. The predicted molar refractivity (Wildman–Crippen MR) is 28.4 cm³/mol. The molecule has 7 heavy (non-hydrogen) atoms. The summed E-state index contributed by atoms with van der Waals surface area (Å²) in [7, 11) is 0. The van der Waals surface area contributed by atoms with Crippen LogP contribution in [0, 0.1) is 5.41 Å². The summed E-state index contributed by atoms with van der Waals surface area (Å²) < 4.78 is 0. The number of rotatable bonds is 2. The summed E-state index contributed by atoms with van der Waals surface area (Å²) in [6.45, 7) is 1.55. The Morgan fingerprint density at radius 1 is 1.86 bits per heavy atom. The van der Waals surface area contributed by atoms with Crippen molar-refractivity contribution in [2.75, 3.05) is 0 Å². The van der Waals surface area contributed by atoms with Crippen LogP contribution in [0.2, 0.25) is 0 Å². The molecule has 0 saturated heterocycles. The van der Waals surface area contributed by atoms with Crippen LogP contribution in [0.1, 0.15) is 6.92 Å². The van der Waals surface area contributed by atoms with E-state index in [1.165, 1.54) is 0 Å². The van der Waals surface area contributed by atoms with Crippen LogP contribution in [-0.2, 0) is 0 Å². The standard InChI is InChI=1S/C4H10N2O/c1-3(7)4(6)2-5/h2-5,7H,6H2,1H3. The number of nitrogens with one attached hydrogen (secondary N) is 1. The van der Waals surface area contributed by atoms with Crippen LogP contribution < -0.4 is 5.73 Å². The molecule has 0 aromatic rings. The molecule has 0 aromatic carbocycles. The predicted octanol–water partition coefficient (Wildman–Crippen LogP) is -0.656. The summed E-state index contributed by atoms with van der Waals surface area (Å²) in [6, 6.07) is -0.500. The van der Waals surface area contributed by atoms with Gasteiger partial charge in [0.2, 0.25) is 0 Å². The quantitative estimate of drug-likeness (QED) is 0.405. The average Bonchev–Trinajstić information content (AvgIpc) is 1.65. The van der Waals surface area contributed by atoms with Gasteiger partial charge in [-0.15, -0.1) is 0 Å². The first kappa shape index (κ1) is 6.59. The zero-order valence-electron chi connectivity index (χ0n) is 4.26. The van der Waals surface area contributed by atoms with E-state index in [0.29, 0.717) is 0 Å². The van der Waals surface area contributed by atoms with Crippen molar-refractivity contribution in [1.82, 2.24) is 0 Å². The van der Waals surface area contributed by atoms with Crippen molar-refractivity contribution in [1.29, 1.82) is 5.41 Å². The molecule has 0 fully saturated rings. The lowest BCUT2D eigenvalue weighted by Crippen LogP contribution is -2.33. The van der Waals surface area contributed by atoms with Crippen molar-refractivity contribution in [2.45, 2.75) is 19.1 Å². The van der Waals surface area contributed by atoms with Crippen LogP contribution in [0.25, 0.3) is 0 Å². The van der Waals surface area contributed by atoms with E-state index in [9.17, 15) is 0 Å². The Hall–Kier alpha value is -0.410. The minimum Gasteiger partial charge on any atom is -0.391 e. The van der Waals surface area contributed by atoms with E-state index in [4.69, 9.17) is 16.2 Å². The van der Waals surface area contributed by atoms with Gasteiger partial charge in [-0.3, -0.25) is 0 Å². The molecule has 0 amide bonds. The SMILES string of the molecule is CC(O)C(N)C=N. The highest BCUT2D eigenvalue weighted by Crippen LogP contribution is 1.80. The van der Waals surface area contributed by atoms with Crippen LogP contribution in [0.3, 0.4) is 0 Å². The molecule has 42 valence electrons. The lowest BCUT2D eigenvalue weighted by Gasteiger charge is -2.05. The minimum absolute atomic E-state index is 0.500. The Kier molecular flexibility index (Phi) is 2.55. The molecule has 0 bridgehead atoms. The van der Waals surface area contributed by atoms with Gasteiger partial charge in [-0.1, -0.05) is 0 Å². The van der Waals surface area contributed by atoms with Crippen molar-refractivity contribution in [3.8, 4) is 0 Å². The third kappa shape index (κ3) is 2.31. The number of aliphatic hydroxyl groups excluding tert-OH is 1. The van der Waals surface area contributed by atoms with Crippen LogP contribution in [0.4, 0.5) is 0 Å². The van der Waals surface area contributed by atoms with E-state index in [0.717, 1.165) is 6.21 Å². The number of hydrogen-bond acceptors (Lipinski definition) is 3. The second kappa shape index (κ2) is 2.71. The fourth-order valence-corrected chi connectivity index (χ4v) is 0.139. The smallest absolute Gasteiger partial charge is 0.0713 e. The number of hydrogen-bond donors (Lipinski definition) is 3. The molecular formula is C4H10N2O. The summed E-state index contributed by atoms with van der Waals surface area (Å²) in [5, 5.41) is 15.1. The molecule has 0 aliphatic heterocycles. The van der Waals surface area contributed by atoms with E-state index in [1.54, 1.807) is 6.92 Å². The maximum Gasteiger partial charge on any atom is 0.0713 e. The second-order valence-corrected chi connectivity index (χ2v) is 1.48. The third-order valence-electron chi connectivity index (χ3n) is 0.749. The monoisotopic (exact) mass is 102 g/mol. The summed E-state index contributed by atoms with van der Waals surface area (Å²) in [6.07, 6.45) is 0.419. The molecule has 3 nitrogen and oxygen atoms in total. The minimum atomic E-state index is -0.600. The van der Waals surface area contributed by atoms with Gasteiger partial charge in [-0.2, -0.15) is 0 Å². The molecule has 0 aromatic heterocycles. The van der Waals surface area contributed by atoms with Gasteiger partial charge in [0, 0.05) is 6.21 Å². The second-order valence-electron chi connectivity index (χ2n) is 1.48. The fourth-order valence-electron chi connectivity index (χ4n) is 0.139. The van der Waals surface area contributed by atoms with Crippen LogP contribution >= 0.6 is 0 Å². The van der Waals surface area contributed by atoms with Gasteiger partial charge in [-0.05, 0) is 6.92 Å². The molecule has 0 aliphatic carbocycles. The first-order chi connectivity index (χ1) is 3.18. The van der Waals surface area contributed by atoms with Gasteiger partial charge in [0.15, 0.2) is 0 Å². The van der Waals surface area contributed by atoms with Crippen molar-refractivity contribution < 1.29 is 5.11 Å². The van der Waals surface area contributed by atoms with E-state index < -0.39 is 12.1 Å². The molecule has 0 heterocycles. The Balaban J connectivity index is 3.33. The largest absolute Gasteiger partial charge is 0.391 e. The zero-order chi connectivity index (χ0) is 5.86. The van der Waals surface area contributed by atoms with Gasteiger partial charge < -0.3 is 16.2 Å². The maximum absolute atomic E-state index is 8.54. The zero-order valence-corrected chi connectivity index (χ0v) is 4.26. The normalized spacial score (nSPS) is 18.1. The summed E-state index contributed by atoms with van der Waals surface area (Å²) in [5.41, 5.74) is 5.12. The van der Waals surface area contributed by atoms with Gasteiger partial charge in [0.25, 0.3) is 0 Å². The lowest BCUT2D eigenvalue weighted by atomic mass is 10.2. The summed E-state index contributed by atoms with van der Waals surface area (Å²) in [5.74, 6) is 0. The summed E-state index contributed by atoms with van der Waals surface area (Å²) in [4.78, 5) is 0. The molecule has 0 saturated carbocycles. The Labute approximate surface area is 42.7 Å². The molecule has 2 unspecified atom stereocenters. The van der Waals surface area contributed by atoms with E-state index in [-0.39, 0.29) is 0 Å². The highest BCUT2D eigenvalue weighted by atomic mass is 16.3. The van der Waals surface area contributed by atoms with Crippen molar-refractivity contribution in [3.63, 3.8) is 0 Å². The van der Waals surface area contributed by atoms with Gasteiger partial charge >= 0.3 is 0 Å². The molecule has 4 N–H and O–H groups in total. The lowest BCUT2D eigenvalue weighted by molar-refractivity contribution is 0.187. The fraction of sp³-hybridized carbons (Fsp3) is 0.750. The molecular weight excluding hydrogens is 92.1 g/mol. The van der Waals surface area contributed by atoms with E-state index >= 15 is 0 Å². The summed E-state index contributed by atoms with van der Waals surface area (Å²) >= 11 is 0. The van der Waals surface area contributed by atoms with E-state index in [2.05, 4.69) is 0 Å². The molecule has 0 spiro atoms. The number of aliphatic hydroxyl groups is 1. The first-order valence-electron chi connectivity index (χ1n) is 2.12. The van der Waals surface area contributed by atoms with Crippen LogP contribution in [-0.4, -0.2) is 23.5 Å². The van der Waals surface area contributed by atoms with Crippen molar-refractivity contribution in [2.24, 2.45) is 5.73 Å². The molecule has 2 atom stereocenters. The van der Waals surface area contributed by atoms with Crippen molar-refractivity contribution in [3.05, 3.63) is 0 Å². The maximum atomic E-state index is 8.54. The molecule has 0 aliphatic rings. The highest BCUT2D eigenvalue weighted by molar-refractivity contribution is 5.60. The molecule has 0 rings (SSSR count). The van der Waals surface area contributed by atoms with E-state index in [1.807, 2.05) is 0 Å². The molecule has 3 heteroatoms. The van der Waals surface area contributed by atoms with Crippen molar-refractivity contribution >= 4 is 6.21 Å². The average molecular weight is 102 g/mol. The van der Waals surface area contributed by atoms with Gasteiger partial charge in [-0.25, -0.2) is 0 Å². The van der Waals surface area contributed by atoms with Gasteiger partial charge in [0.05, 0.1) is 12.1 Å². The third-order valence-corrected chi connectivity index (χ3v) is 0.749. The Morgan fingerprint density at radius 2 is 2.29 bits per heavy atom. The Bertz CT molecular complexity index is 62.7. The number of nitrogens with two attached hydrogens (primary N) is 1. The molecule has 0 radical (unpaired) electrons. The topological polar surface area (TPSA) is 70.1 Å².